The largest absolute Gasteiger partial charge is 0.495 e. The predicted octanol–water partition coefficient (Wildman–Crippen LogP) is 3.72. The van der Waals surface area contributed by atoms with Crippen molar-refractivity contribution in [2.45, 2.75) is 19.4 Å². The summed E-state index contributed by atoms with van der Waals surface area (Å²) in [5.41, 5.74) is 2.59. The van der Waals surface area contributed by atoms with Gasteiger partial charge in [0.1, 0.15) is 11.8 Å². The van der Waals surface area contributed by atoms with Crippen LogP contribution in [0.25, 0.3) is 22.5 Å². The van der Waals surface area contributed by atoms with E-state index in [2.05, 4.69) is 31.0 Å². The van der Waals surface area contributed by atoms with Gasteiger partial charge < -0.3 is 10.1 Å². The van der Waals surface area contributed by atoms with Gasteiger partial charge in [0.05, 0.1) is 19.0 Å². The van der Waals surface area contributed by atoms with E-state index in [9.17, 15) is 14.4 Å². The fourth-order valence-corrected chi connectivity index (χ4v) is 4.66. The summed E-state index contributed by atoms with van der Waals surface area (Å²) in [5, 5.41) is 21.5. The number of methoxy groups -OCH3 is 1. The number of aromatic nitrogens is 7. The normalized spacial score (nSPS) is 11.7. The number of anilines is 1. The van der Waals surface area contributed by atoms with Crippen LogP contribution in [0.2, 0.25) is 5.02 Å². The SMILES string of the molecule is COc1cn(C(Cc2ccn(C)n2)C(=O)Nc2ccc(-c3nn[nH]n3)cc2)c(=O)cc1-c1cc(Cl)ccc1C(C)=O. The second kappa shape index (κ2) is 11.6. The Morgan fingerprint density at radius 1 is 1.10 bits per heavy atom. The average Bonchev–Trinajstić information content (AvgIpc) is 3.64. The van der Waals surface area contributed by atoms with Crippen molar-refractivity contribution in [3.8, 4) is 28.3 Å². The van der Waals surface area contributed by atoms with Crippen LogP contribution in [0.15, 0.2) is 71.8 Å². The monoisotopic (exact) mass is 572 g/mol. The summed E-state index contributed by atoms with van der Waals surface area (Å²) in [4.78, 5) is 39.6. The molecule has 41 heavy (non-hydrogen) atoms. The van der Waals surface area contributed by atoms with Gasteiger partial charge in [-0.1, -0.05) is 11.6 Å². The van der Waals surface area contributed by atoms with Gasteiger partial charge >= 0.3 is 0 Å². The lowest BCUT2D eigenvalue weighted by Gasteiger charge is -2.21. The Morgan fingerprint density at radius 2 is 1.88 bits per heavy atom. The molecule has 5 aromatic rings. The second-order valence-electron chi connectivity index (χ2n) is 9.25. The third-order valence-electron chi connectivity index (χ3n) is 6.48. The molecule has 1 unspecified atom stereocenters. The van der Waals surface area contributed by atoms with Gasteiger partial charge in [-0.2, -0.15) is 10.3 Å². The van der Waals surface area contributed by atoms with Gasteiger partial charge in [-0.3, -0.25) is 23.6 Å². The van der Waals surface area contributed by atoms with E-state index in [-0.39, 0.29) is 18.0 Å². The Balaban J connectivity index is 1.53. The molecule has 208 valence electrons. The van der Waals surface area contributed by atoms with Crippen LogP contribution in [0.5, 0.6) is 5.75 Å². The molecule has 1 atom stereocenters. The highest BCUT2D eigenvalue weighted by Crippen LogP contribution is 2.34. The number of aryl methyl sites for hydroxylation is 1. The molecule has 2 N–H and O–H groups in total. The number of H-pyrrole nitrogens is 1. The molecule has 1 amide bonds. The maximum atomic E-state index is 13.7. The zero-order valence-electron chi connectivity index (χ0n) is 22.3. The number of carbonyl (C=O) groups is 2. The van der Waals surface area contributed by atoms with E-state index in [1.807, 2.05) is 0 Å². The molecule has 2 aromatic carbocycles. The summed E-state index contributed by atoms with van der Waals surface area (Å²) in [7, 11) is 3.22. The Morgan fingerprint density at radius 3 is 2.51 bits per heavy atom. The van der Waals surface area contributed by atoms with Crippen molar-refractivity contribution in [2.24, 2.45) is 7.05 Å². The smallest absolute Gasteiger partial charge is 0.252 e. The highest BCUT2D eigenvalue weighted by atomic mass is 35.5. The zero-order valence-corrected chi connectivity index (χ0v) is 23.1. The van der Waals surface area contributed by atoms with Crippen LogP contribution in [0.4, 0.5) is 5.69 Å². The van der Waals surface area contributed by atoms with E-state index in [1.54, 1.807) is 66.5 Å². The molecule has 0 spiro atoms. The Labute approximate surface area is 238 Å². The number of Topliss-reactive ketones (excluding diaryl/α,β-unsaturated/α-hetero) is 1. The minimum Gasteiger partial charge on any atom is -0.495 e. The first-order valence-electron chi connectivity index (χ1n) is 12.5. The molecular weight excluding hydrogens is 548 g/mol. The number of rotatable bonds is 9. The predicted molar refractivity (Wildman–Crippen MR) is 152 cm³/mol. The lowest BCUT2D eigenvalue weighted by atomic mass is 9.97. The quantitative estimate of drug-likeness (QED) is 0.254. The molecule has 0 aliphatic carbocycles. The third kappa shape index (κ3) is 5.92. The van der Waals surface area contributed by atoms with Gasteiger partial charge in [0.2, 0.25) is 11.7 Å². The maximum absolute atomic E-state index is 13.7. The number of tetrazole rings is 1. The molecule has 0 aliphatic heterocycles. The van der Waals surface area contributed by atoms with Crippen molar-refractivity contribution in [3.63, 3.8) is 0 Å². The van der Waals surface area contributed by atoms with Crippen molar-refractivity contribution < 1.29 is 14.3 Å². The number of ether oxygens (including phenoxy) is 1. The van der Waals surface area contributed by atoms with Crippen LogP contribution in [0.1, 0.15) is 29.0 Å². The first-order chi connectivity index (χ1) is 19.7. The van der Waals surface area contributed by atoms with Gasteiger partial charge in [0.15, 0.2) is 5.78 Å². The molecule has 0 saturated heterocycles. The van der Waals surface area contributed by atoms with E-state index in [4.69, 9.17) is 16.3 Å². The van der Waals surface area contributed by atoms with Crippen molar-refractivity contribution in [2.75, 3.05) is 12.4 Å². The molecule has 13 heteroatoms. The molecule has 0 radical (unpaired) electrons. The van der Waals surface area contributed by atoms with Gasteiger partial charge in [-0.25, -0.2) is 0 Å². The van der Waals surface area contributed by atoms with Crippen LogP contribution in [0, 0.1) is 0 Å². The first-order valence-corrected chi connectivity index (χ1v) is 12.9. The number of halogens is 1. The standard InChI is InChI=1S/C28H25ClN8O4/c1-16(38)21-9-6-18(29)12-22(21)23-14-26(39)37(15-25(23)41-3)24(13-20-10-11-36(2)33-20)28(40)30-19-7-4-17(5-8-19)27-31-34-35-32-27/h4-12,14-15,24H,13H2,1-3H3,(H,30,40)(H,31,32,34,35). The maximum Gasteiger partial charge on any atom is 0.252 e. The lowest BCUT2D eigenvalue weighted by molar-refractivity contribution is -0.119. The lowest BCUT2D eigenvalue weighted by Crippen LogP contribution is -2.34. The Hall–Kier alpha value is -5.10. The molecule has 0 aliphatic rings. The van der Waals surface area contributed by atoms with Crippen molar-refractivity contribution >= 4 is 29.0 Å². The molecule has 12 nitrogen and oxygen atoms in total. The molecular formula is C28H25ClN8O4. The molecule has 0 saturated carbocycles. The van der Waals surface area contributed by atoms with Gasteiger partial charge in [0.25, 0.3) is 5.56 Å². The van der Waals surface area contributed by atoms with Crippen molar-refractivity contribution in [1.29, 1.82) is 0 Å². The number of nitrogens with one attached hydrogen (secondary N) is 2. The molecule has 0 fully saturated rings. The fourth-order valence-electron chi connectivity index (χ4n) is 4.49. The summed E-state index contributed by atoms with van der Waals surface area (Å²) in [5.74, 6) is 0.0765. The highest BCUT2D eigenvalue weighted by Gasteiger charge is 2.26. The summed E-state index contributed by atoms with van der Waals surface area (Å²) in [6.07, 6.45) is 3.36. The topological polar surface area (TPSA) is 150 Å². The number of benzene rings is 2. The summed E-state index contributed by atoms with van der Waals surface area (Å²) < 4.78 is 8.56. The number of carbonyl (C=O) groups excluding carboxylic acids is 2. The molecule has 0 bridgehead atoms. The molecule has 3 heterocycles. The second-order valence-corrected chi connectivity index (χ2v) is 9.69. The van der Waals surface area contributed by atoms with Crippen LogP contribution in [-0.4, -0.2) is 53.8 Å². The zero-order chi connectivity index (χ0) is 29.1. The Kier molecular flexibility index (Phi) is 7.74. The average molecular weight is 573 g/mol. The first kappa shape index (κ1) is 27.5. The van der Waals surface area contributed by atoms with Crippen LogP contribution < -0.4 is 15.6 Å². The van der Waals surface area contributed by atoms with E-state index >= 15 is 0 Å². The number of pyridine rings is 1. The van der Waals surface area contributed by atoms with Gasteiger partial charge in [0, 0.05) is 53.1 Å². The summed E-state index contributed by atoms with van der Waals surface area (Å²) in [6, 6.07) is 13.9. The van der Waals surface area contributed by atoms with E-state index in [0.717, 1.165) is 0 Å². The minimum atomic E-state index is -0.983. The number of amides is 1. The number of hydrogen-bond acceptors (Lipinski definition) is 8. The number of hydrogen-bond donors (Lipinski definition) is 2. The third-order valence-corrected chi connectivity index (χ3v) is 6.72. The number of aromatic amines is 1. The summed E-state index contributed by atoms with van der Waals surface area (Å²) in [6.45, 7) is 1.43. The Bertz CT molecular complexity index is 1780. The number of nitrogens with zero attached hydrogens (tertiary/aromatic N) is 6. The van der Waals surface area contributed by atoms with Crippen LogP contribution >= 0.6 is 11.6 Å². The van der Waals surface area contributed by atoms with Crippen LogP contribution in [0.3, 0.4) is 0 Å². The van der Waals surface area contributed by atoms with Gasteiger partial charge in [-0.15, -0.1) is 10.2 Å². The number of ketones is 1. The summed E-state index contributed by atoms with van der Waals surface area (Å²) >= 11 is 6.23. The van der Waals surface area contributed by atoms with Crippen molar-refractivity contribution in [1.82, 2.24) is 35.0 Å². The fraction of sp³-hybridized carbons (Fsp3) is 0.179. The van der Waals surface area contributed by atoms with E-state index < -0.39 is 17.5 Å². The molecule has 3 aromatic heterocycles. The minimum absolute atomic E-state index is 0.131. The van der Waals surface area contributed by atoms with Crippen molar-refractivity contribution in [3.05, 3.63) is 93.6 Å². The van der Waals surface area contributed by atoms with E-state index in [0.29, 0.717) is 44.5 Å². The van der Waals surface area contributed by atoms with E-state index in [1.165, 1.54) is 30.9 Å². The van der Waals surface area contributed by atoms with Gasteiger partial charge in [-0.05, 0) is 66.2 Å². The van der Waals surface area contributed by atoms with Crippen LogP contribution in [-0.2, 0) is 18.3 Å². The highest BCUT2D eigenvalue weighted by molar-refractivity contribution is 6.31. The molecule has 5 rings (SSSR count).